The van der Waals surface area contributed by atoms with Gasteiger partial charge in [-0.1, -0.05) is 18.9 Å². The van der Waals surface area contributed by atoms with Crippen molar-refractivity contribution in [3.63, 3.8) is 0 Å². The molecule has 33 heavy (non-hydrogen) atoms. The average molecular weight is 457 g/mol. The Bertz CT molecular complexity index is 1190. The summed E-state index contributed by atoms with van der Waals surface area (Å²) >= 11 is 0. The Hall–Kier alpha value is -3.23. The van der Waals surface area contributed by atoms with E-state index in [-0.39, 0.29) is 35.3 Å². The molecule has 174 valence electrons. The van der Waals surface area contributed by atoms with E-state index in [9.17, 15) is 28.3 Å². The van der Waals surface area contributed by atoms with E-state index in [2.05, 4.69) is 5.32 Å². The first-order valence-electron chi connectivity index (χ1n) is 11.3. The van der Waals surface area contributed by atoms with Gasteiger partial charge in [-0.2, -0.15) is 0 Å². The van der Waals surface area contributed by atoms with E-state index < -0.39 is 28.7 Å². The highest BCUT2D eigenvalue weighted by Crippen LogP contribution is 2.40. The van der Waals surface area contributed by atoms with E-state index in [1.54, 1.807) is 4.90 Å². The lowest BCUT2D eigenvalue weighted by Gasteiger charge is -2.41. The van der Waals surface area contributed by atoms with Crippen LogP contribution in [-0.4, -0.2) is 39.0 Å². The topological polar surface area (TPSA) is 91.6 Å². The quantitative estimate of drug-likeness (QED) is 0.742. The number of pyridine rings is 1. The van der Waals surface area contributed by atoms with Crippen LogP contribution in [0.4, 0.5) is 8.78 Å². The van der Waals surface area contributed by atoms with Crippen LogP contribution in [0.5, 0.6) is 5.75 Å². The van der Waals surface area contributed by atoms with Gasteiger partial charge in [-0.15, -0.1) is 0 Å². The Morgan fingerprint density at radius 1 is 1.18 bits per heavy atom. The molecular formula is C24H25F2N3O4. The summed E-state index contributed by atoms with van der Waals surface area (Å²) in [5.74, 6) is -2.54. The largest absolute Gasteiger partial charge is 0.503 e. The summed E-state index contributed by atoms with van der Waals surface area (Å²) in [6.07, 6.45) is 6.62. The first-order valence-corrected chi connectivity index (χ1v) is 11.3. The number of benzene rings is 1. The van der Waals surface area contributed by atoms with Crippen molar-refractivity contribution < 1.29 is 23.5 Å². The van der Waals surface area contributed by atoms with Crippen LogP contribution in [0.15, 0.2) is 29.2 Å². The molecule has 1 saturated heterocycles. The van der Waals surface area contributed by atoms with Crippen molar-refractivity contribution in [1.82, 2.24) is 14.8 Å². The Morgan fingerprint density at radius 2 is 2.00 bits per heavy atom. The van der Waals surface area contributed by atoms with Gasteiger partial charge in [-0.3, -0.25) is 14.4 Å². The third-order valence-corrected chi connectivity index (χ3v) is 7.35. The minimum Gasteiger partial charge on any atom is -0.503 e. The molecule has 7 nitrogen and oxygen atoms in total. The number of aromatic nitrogens is 1. The van der Waals surface area contributed by atoms with Gasteiger partial charge < -0.3 is 19.9 Å². The van der Waals surface area contributed by atoms with E-state index in [0.29, 0.717) is 31.0 Å². The van der Waals surface area contributed by atoms with E-state index in [1.165, 1.54) is 23.3 Å². The summed E-state index contributed by atoms with van der Waals surface area (Å²) in [5, 5.41) is 13.0. The molecule has 3 atom stereocenters. The summed E-state index contributed by atoms with van der Waals surface area (Å²) in [5.41, 5.74) is -1.30. The third kappa shape index (κ3) is 3.79. The van der Waals surface area contributed by atoms with Gasteiger partial charge in [-0.05, 0) is 37.2 Å². The molecule has 9 heteroatoms. The summed E-state index contributed by atoms with van der Waals surface area (Å²) in [7, 11) is 0. The van der Waals surface area contributed by atoms with Gasteiger partial charge in [0.2, 0.25) is 5.43 Å². The molecule has 1 unspecified atom stereocenters. The van der Waals surface area contributed by atoms with Crippen LogP contribution < -0.4 is 10.7 Å². The maximum atomic E-state index is 13.9. The normalized spacial score (nSPS) is 24.0. The zero-order valence-corrected chi connectivity index (χ0v) is 18.0. The highest BCUT2D eigenvalue weighted by Gasteiger charge is 2.43. The standard InChI is InChI=1S/C24H25F2N3O4/c25-16-5-4-15(18(26)9-16)10-27-23(32)17-11-28-12-19-14-3-1-2-13(8-14)6-7-29(19)24(33)20(28)22(31)21(17)30/h4-5,9,11,13-14,19,31H,1-3,6-8,10,12H2,(H,27,32)/t13?,14-,19-/m1/s1. The van der Waals surface area contributed by atoms with Crippen molar-refractivity contribution in [2.45, 2.75) is 51.2 Å². The van der Waals surface area contributed by atoms with Gasteiger partial charge >= 0.3 is 0 Å². The number of nitrogens with one attached hydrogen (secondary N) is 1. The minimum atomic E-state index is -0.946. The SMILES string of the molecule is O=C(NCc1ccc(F)cc1F)c1cn2c(c(O)c1=O)C(=O)N1CCC3CCC[C@H](C3)[C@H]1C2. The summed E-state index contributed by atoms with van der Waals surface area (Å²) in [6.45, 7) is 0.745. The van der Waals surface area contributed by atoms with Gasteiger partial charge in [0.1, 0.15) is 17.2 Å². The molecule has 1 aromatic carbocycles. The van der Waals surface area contributed by atoms with Crippen LogP contribution in [-0.2, 0) is 13.1 Å². The van der Waals surface area contributed by atoms with Gasteiger partial charge in [0.05, 0.1) is 6.04 Å². The summed E-state index contributed by atoms with van der Waals surface area (Å²) < 4.78 is 28.5. The molecule has 2 amide bonds. The lowest BCUT2D eigenvalue weighted by molar-refractivity contribution is 0.0500. The Balaban J connectivity index is 1.44. The number of rotatable bonds is 3. The molecule has 2 bridgehead atoms. The van der Waals surface area contributed by atoms with E-state index in [4.69, 9.17) is 0 Å². The summed E-state index contributed by atoms with van der Waals surface area (Å²) in [4.78, 5) is 40.5. The molecule has 0 radical (unpaired) electrons. The van der Waals surface area contributed by atoms with E-state index in [0.717, 1.165) is 31.7 Å². The van der Waals surface area contributed by atoms with Crippen LogP contribution in [0.2, 0.25) is 0 Å². The third-order valence-electron chi connectivity index (χ3n) is 7.35. The van der Waals surface area contributed by atoms with Crippen LogP contribution in [0.3, 0.4) is 0 Å². The van der Waals surface area contributed by atoms with Gasteiger partial charge in [0.15, 0.2) is 11.4 Å². The van der Waals surface area contributed by atoms with Crippen molar-refractivity contribution >= 4 is 11.8 Å². The Kier molecular flexibility index (Phi) is 5.42. The first-order chi connectivity index (χ1) is 15.8. The fourth-order valence-electron chi connectivity index (χ4n) is 5.64. The molecule has 2 N–H and O–H groups in total. The fourth-order valence-corrected chi connectivity index (χ4v) is 5.64. The molecule has 5 rings (SSSR count). The predicted octanol–water partition coefficient (Wildman–Crippen LogP) is 2.80. The van der Waals surface area contributed by atoms with Crippen LogP contribution in [0.25, 0.3) is 0 Å². The summed E-state index contributed by atoms with van der Waals surface area (Å²) in [6, 6.07) is 2.95. The first kappa shape index (κ1) is 21.6. The highest BCUT2D eigenvalue weighted by molar-refractivity contribution is 5.99. The maximum absolute atomic E-state index is 13.9. The smallest absolute Gasteiger partial charge is 0.274 e. The zero-order chi connectivity index (χ0) is 23.3. The number of aromatic hydroxyl groups is 1. The number of hydrogen-bond donors (Lipinski definition) is 2. The van der Waals surface area contributed by atoms with Crippen LogP contribution >= 0.6 is 0 Å². The molecule has 2 aromatic rings. The maximum Gasteiger partial charge on any atom is 0.274 e. The second-order valence-corrected chi connectivity index (χ2v) is 9.29. The molecule has 2 aliphatic heterocycles. The van der Waals surface area contributed by atoms with Crippen molar-refractivity contribution in [1.29, 1.82) is 0 Å². The minimum absolute atomic E-state index is 0.0403. The molecule has 3 heterocycles. The van der Waals surface area contributed by atoms with E-state index in [1.807, 2.05) is 0 Å². The van der Waals surface area contributed by atoms with Crippen LogP contribution in [0.1, 0.15) is 58.5 Å². The number of fused-ring (bicyclic) bond motifs is 5. The average Bonchev–Trinajstić information content (AvgIpc) is 2.91. The lowest BCUT2D eigenvalue weighted by Crippen LogP contribution is -2.52. The number of nitrogens with zero attached hydrogens (tertiary/aromatic N) is 2. The number of carbonyl (C=O) groups is 2. The van der Waals surface area contributed by atoms with Crippen molar-refractivity contribution in [2.24, 2.45) is 11.8 Å². The molecule has 1 aliphatic carbocycles. The second-order valence-electron chi connectivity index (χ2n) is 9.29. The van der Waals surface area contributed by atoms with Gasteiger partial charge in [0, 0.05) is 37.5 Å². The molecule has 2 fully saturated rings. The van der Waals surface area contributed by atoms with Crippen molar-refractivity contribution in [3.05, 3.63) is 63.1 Å². The van der Waals surface area contributed by atoms with Crippen molar-refractivity contribution in [2.75, 3.05) is 6.54 Å². The Morgan fingerprint density at radius 3 is 2.79 bits per heavy atom. The highest BCUT2D eigenvalue weighted by atomic mass is 19.1. The van der Waals surface area contributed by atoms with Gasteiger partial charge in [0.25, 0.3) is 11.8 Å². The fraction of sp³-hybridized carbons (Fsp3) is 0.458. The molecule has 3 aliphatic rings. The molecule has 1 saturated carbocycles. The van der Waals surface area contributed by atoms with Crippen molar-refractivity contribution in [3.8, 4) is 5.75 Å². The predicted molar refractivity (Wildman–Crippen MR) is 115 cm³/mol. The molecular weight excluding hydrogens is 432 g/mol. The lowest BCUT2D eigenvalue weighted by atomic mass is 9.77. The Labute approximate surface area is 189 Å². The van der Waals surface area contributed by atoms with Gasteiger partial charge in [-0.25, -0.2) is 8.78 Å². The number of hydrogen-bond acceptors (Lipinski definition) is 4. The van der Waals surface area contributed by atoms with E-state index >= 15 is 0 Å². The molecule has 1 aromatic heterocycles. The number of halogens is 2. The number of carbonyl (C=O) groups excluding carboxylic acids is 2. The monoisotopic (exact) mass is 457 g/mol. The zero-order valence-electron chi connectivity index (χ0n) is 18.0. The molecule has 0 spiro atoms. The second kappa shape index (κ2) is 8.28. The van der Waals surface area contributed by atoms with Crippen LogP contribution in [0, 0.1) is 23.5 Å². The number of amides is 2.